The summed E-state index contributed by atoms with van der Waals surface area (Å²) >= 11 is 6.41. The zero-order valence-electron chi connectivity index (χ0n) is 12.4. The van der Waals surface area contributed by atoms with E-state index in [0.717, 1.165) is 22.3 Å². The molecule has 0 aromatic heterocycles. The molecule has 0 aliphatic rings. The molecule has 0 spiro atoms. The first-order valence-electron chi connectivity index (χ1n) is 7.31. The maximum Gasteiger partial charge on any atom is 0.100 e. The average molecular weight is 316 g/mol. The molecule has 0 bridgehead atoms. The van der Waals surface area contributed by atoms with Gasteiger partial charge in [0.25, 0.3) is 0 Å². The van der Waals surface area contributed by atoms with Gasteiger partial charge in [-0.05, 0) is 17.2 Å². The van der Waals surface area contributed by atoms with Crippen LogP contribution in [0, 0.1) is 11.3 Å². The summed E-state index contributed by atoms with van der Waals surface area (Å²) < 4.78 is 0. The molecule has 0 amide bonds. The van der Waals surface area contributed by atoms with E-state index in [1.807, 2.05) is 84.9 Å². The Morgan fingerprint density at radius 2 is 1.22 bits per heavy atom. The topological polar surface area (TPSA) is 23.8 Å². The van der Waals surface area contributed by atoms with Crippen LogP contribution in [-0.2, 0) is 0 Å². The highest BCUT2D eigenvalue weighted by molar-refractivity contribution is 6.33. The van der Waals surface area contributed by atoms with Crippen LogP contribution in [0.15, 0.2) is 84.9 Å². The molecule has 0 heterocycles. The predicted molar refractivity (Wildman–Crippen MR) is 95.9 cm³/mol. The molecule has 0 atom stereocenters. The molecule has 3 aromatic rings. The van der Waals surface area contributed by atoms with Crippen molar-refractivity contribution in [2.45, 2.75) is 0 Å². The van der Waals surface area contributed by atoms with E-state index < -0.39 is 0 Å². The molecule has 0 fully saturated rings. The Labute approximate surface area is 141 Å². The molecule has 0 aliphatic carbocycles. The molecular weight excluding hydrogens is 302 g/mol. The summed E-state index contributed by atoms with van der Waals surface area (Å²) in [5, 5.41) is 10.4. The van der Waals surface area contributed by atoms with Gasteiger partial charge in [0.05, 0.1) is 5.57 Å². The van der Waals surface area contributed by atoms with Crippen LogP contribution in [0.3, 0.4) is 0 Å². The molecule has 0 aliphatic heterocycles. The molecule has 1 nitrogen and oxygen atoms in total. The fraction of sp³-hybridized carbons (Fsp3) is 0. The summed E-state index contributed by atoms with van der Waals surface area (Å²) in [7, 11) is 0. The number of nitriles is 1. The lowest BCUT2D eigenvalue weighted by Crippen LogP contribution is -1.94. The van der Waals surface area contributed by atoms with Crippen molar-refractivity contribution >= 4 is 22.7 Å². The van der Waals surface area contributed by atoms with Crippen LogP contribution in [0.4, 0.5) is 0 Å². The zero-order valence-corrected chi connectivity index (χ0v) is 13.2. The fourth-order valence-corrected chi connectivity index (χ4v) is 2.80. The highest BCUT2D eigenvalue weighted by Crippen LogP contribution is 2.35. The third-order valence-electron chi connectivity index (χ3n) is 3.63. The second kappa shape index (κ2) is 6.96. The first kappa shape index (κ1) is 15.1. The van der Waals surface area contributed by atoms with Gasteiger partial charge in [-0.15, -0.1) is 0 Å². The third-order valence-corrected chi connectivity index (χ3v) is 3.96. The summed E-state index contributed by atoms with van der Waals surface area (Å²) in [6.07, 6.45) is 0. The highest BCUT2D eigenvalue weighted by atomic mass is 35.5. The van der Waals surface area contributed by atoms with E-state index in [4.69, 9.17) is 11.6 Å². The molecule has 3 aromatic carbocycles. The van der Waals surface area contributed by atoms with Crippen LogP contribution in [0.5, 0.6) is 0 Å². The second-order valence-corrected chi connectivity index (χ2v) is 5.48. The zero-order chi connectivity index (χ0) is 16.1. The SMILES string of the molecule is N#C/C(=C(\c1ccccc1)c1ccccc1Cl)c1ccccc1. The lowest BCUT2D eigenvalue weighted by molar-refractivity contribution is 1.50. The van der Waals surface area contributed by atoms with Gasteiger partial charge >= 0.3 is 0 Å². The Hall–Kier alpha value is -2.82. The Kier molecular flexibility index (Phi) is 4.57. The van der Waals surface area contributed by atoms with Crippen LogP contribution in [0.2, 0.25) is 5.02 Å². The van der Waals surface area contributed by atoms with Crippen molar-refractivity contribution in [1.82, 2.24) is 0 Å². The second-order valence-electron chi connectivity index (χ2n) is 5.07. The van der Waals surface area contributed by atoms with Crippen LogP contribution in [0.25, 0.3) is 11.1 Å². The van der Waals surface area contributed by atoms with Crippen molar-refractivity contribution in [3.05, 3.63) is 107 Å². The molecule has 23 heavy (non-hydrogen) atoms. The molecular formula is C21H14ClN. The maximum absolute atomic E-state index is 9.81. The van der Waals surface area contributed by atoms with Crippen molar-refractivity contribution in [2.24, 2.45) is 0 Å². The number of benzene rings is 3. The van der Waals surface area contributed by atoms with Crippen molar-refractivity contribution in [1.29, 1.82) is 5.26 Å². The quantitative estimate of drug-likeness (QED) is 0.441. The van der Waals surface area contributed by atoms with E-state index in [2.05, 4.69) is 6.07 Å². The fourth-order valence-electron chi connectivity index (χ4n) is 2.57. The Morgan fingerprint density at radius 3 is 1.78 bits per heavy atom. The summed E-state index contributed by atoms with van der Waals surface area (Å²) in [4.78, 5) is 0. The van der Waals surface area contributed by atoms with Crippen LogP contribution in [0.1, 0.15) is 16.7 Å². The summed E-state index contributed by atoms with van der Waals surface area (Å²) in [6, 6.07) is 29.6. The monoisotopic (exact) mass is 315 g/mol. The van der Waals surface area contributed by atoms with Gasteiger partial charge in [-0.25, -0.2) is 0 Å². The van der Waals surface area contributed by atoms with E-state index in [9.17, 15) is 5.26 Å². The largest absolute Gasteiger partial charge is 0.192 e. The van der Waals surface area contributed by atoms with Crippen LogP contribution < -0.4 is 0 Å². The third kappa shape index (κ3) is 3.18. The van der Waals surface area contributed by atoms with Crippen molar-refractivity contribution < 1.29 is 0 Å². The van der Waals surface area contributed by atoms with Gasteiger partial charge in [-0.1, -0.05) is 90.5 Å². The van der Waals surface area contributed by atoms with E-state index in [1.54, 1.807) is 0 Å². The maximum atomic E-state index is 9.81. The number of rotatable bonds is 3. The normalized spacial score (nSPS) is 11.5. The Balaban J connectivity index is 2.35. The van der Waals surface area contributed by atoms with Crippen LogP contribution in [-0.4, -0.2) is 0 Å². The summed E-state index contributed by atoms with van der Waals surface area (Å²) in [6.45, 7) is 0. The van der Waals surface area contributed by atoms with Crippen molar-refractivity contribution in [3.63, 3.8) is 0 Å². The van der Waals surface area contributed by atoms with E-state index in [1.165, 1.54) is 0 Å². The minimum atomic E-state index is 0.616. The first-order valence-corrected chi connectivity index (χ1v) is 7.69. The van der Waals surface area contributed by atoms with E-state index in [0.29, 0.717) is 10.6 Å². The lowest BCUT2D eigenvalue weighted by Gasteiger charge is -2.13. The molecule has 0 radical (unpaired) electrons. The van der Waals surface area contributed by atoms with E-state index in [-0.39, 0.29) is 0 Å². The van der Waals surface area contributed by atoms with E-state index >= 15 is 0 Å². The van der Waals surface area contributed by atoms with Gasteiger partial charge in [-0.2, -0.15) is 5.26 Å². The Bertz CT molecular complexity index is 874. The van der Waals surface area contributed by atoms with Crippen molar-refractivity contribution in [2.75, 3.05) is 0 Å². The van der Waals surface area contributed by atoms with Gasteiger partial charge in [0, 0.05) is 16.2 Å². The van der Waals surface area contributed by atoms with Crippen molar-refractivity contribution in [3.8, 4) is 6.07 Å². The number of halogens is 1. The Morgan fingerprint density at radius 1 is 0.696 bits per heavy atom. The number of nitrogens with zero attached hydrogens (tertiary/aromatic N) is 1. The predicted octanol–water partition coefficient (Wildman–Crippen LogP) is 5.82. The lowest BCUT2D eigenvalue weighted by atomic mass is 9.90. The molecule has 110 valence electrons. The van der Waals surface area contributed by atoms with Gasteiger partial charge in [0.1, 0.15) is 6.07 Å². The minimum absolute atomic E-state index is 0.616. The summed E-state index contributed by atoms with van der Waals surface area (Å²) in [5.41, 5.74) is 4.19. The standard InChI is InChI=1S/C21H14ClN/c22-20-14-8-7-13-18(20)21(17-11-5-2-6-12-17)19(15-23)16-9-3-1-4-10-16/h1-14H/b21-19-. The number of hydrogen-bond donors (Lipinski definition) is 0. The molecule has 3 rings (SSSR count). The van der Waals surface area contributed by atoms with Gasteiger partial charge < -0.3 is 0 Å². The smallest absolute Gasteiger partial charge is 0.100 e. The molecule has 0 N–H and O–H groups in total. The van der Waals surface area contributed by atoms with Gasteiger partial charge in [-0.3, -0.25) is 0 Å². The highest BCUT2D eigenvalue weighted by Gasteiger charge is 2.15. The number of allylic oxidation sites excluding steroid dienone is 1. The average Bonchev–Trinajstić information content (AvgIpc) is 2.62. The number of hydrogen-bond acceptors (Lipinski definition) is 1. The molecule has 0 unspecified atom stereocenters. The van der Waals surface area contributed by atoms with Gasteiger partial charge in [0.2, 0.25) is 0 Å². The minimum Gasteiger partial charge on any atom is -0.192 e. The molecule has 2 heteroatoms. The van der Waals surface area contributed by atoms with Gasteiger partial charge in [0.15, 0.2) is 0 Å². The molecule has 0 saturated heterocycles. The first-order chi connectivity index (χ1) is 11.3. The summed E-state index contributed by atoms with van der Waals surface area (Å²) in [5.74, 6) is 0. The van der Waals surface area contributed by atoms with Crippen LogP contribution >= 0.6 is 11.6 Å². The molecule has 0 saturated carbocycles.